The Morgan fingerprint density at radius 1 is 1.17 bits per heavy atom. The summed E-state index contributed by atoms with van der Waals surface area (Å²) in [4.78, 5) is 55.5. The number of unbranched alkanes of at least 4 members (excludes halogenated alkanes) is 1. The number of amides is 5. The lowest BCUT2D eigenvalue weighted by Crippen LogP contribution is -2.54. The van der Waals surface area contributed by atoms with Gasteiger partial charge in [-0.05, 0) is 40.0 Å². The van der Waals surface area contributed by atoms with Crippen LogP contribution >= 0.6 is 0 Å². The predicted octanol–water partition coefficient (Wildman–Crippen LogP) is 1.05. The van der Waals surface area contributed by atoms with E-state index in [1.807, 2.05) is 6.92 Å². The van der Waals surface area contributed by atoms with E-state index in [0.29, 0.717) is 26.0 Å². The summed E-state index contributed by atoms with van der Waals surface area (Å²) < 4.78 is 5.07. The molecule has 11 nitrogen and oxygen atoms in total. The maximum atomic E-state index is 12.5. The minimum Gasteiger partial charge on any atom is -0.444 e. The molecule has 0 unspecified atom stereocenters. The topological polar surface area (TPSA) is 129 Å². The molecule has 2 rings (SSSR count). The summed E-state index contributed by atoms with van der Waals surface area (Å²) in [7, 11) is 0. The van der Waals surface area contributed by atoms with Crippen molar-refractivity contribution in [2.24, 2.45) is 0 Å². The fraction of sp³-hybridized carbons (Fsp3) is 0.789. The van der Waals surface area contributed by atoms with Crippen LogP contribution in [0.3, 0.4) is 0 Å². The highest BCUT2D eigenvalue weighted by Gasteiger charge is 2.47. The number of hydrogen-bond donors (Lipinski definition) is 3. The van der Waals surface area contributed by atoms with Crippen LogP contribution in [-0.2, 0) is 19.2 Å². The summed E-state index contributed by atoms with van der Waals surface area (Å²) in [6.45, 7) is 8.22. The zero-order valence-corrected chi connectivity index (χ0v) is 18.2. The predicted molar refractivity (Wildman–Crippen MR) is 107 cm³/mol. The molecule has 170 valence electrons. The van der Waals surface area contributed by atoms with Crippen molar-refractivity contribution in [3.63, 3.8) is 0 Å². The molecule has 2 heterocycles. The molecule has 0 aliphatic carbocycles. The van der Waals surface area contributed by atoms with E-state index < -0.39 is 29.6 Å². The van der Waals surface area contributed by atoms with E-state index in [0.717, 1.165) is 12.8 Å². The van der Waals surface area contributed by atoms with Crippen LogP contribution in [0, 0.1) is 0 Å². The van der Waals surface area contributed by atoms with Gasteiger partial charge in [-0.15, -0.1) is 0 Å². The van der Waals surface area contributed by atoms with Crippen LogP contribution in [0.2, 0.25) is 0 Å². The van der Waals surface area contributed by atoms with E-state index in [1.54, 1.807) is 20.8 Å². The van der Waals surface area contributed by atoms with Gasteiger partial charge in [-0.3, -0.25) is 25.3 Å². The van der Waals surface area contributed by atoms with Crippen molar-refractivity contribution in [3.05, 3.63) is 0 Å². The number of alkyl carbamates (subject to hydrolysis) is 1. The molecule has 0 radical (unpaired) electrons. The standard InChI is InChI=1S/C19H33N5O6/c1-5-6-11-29-24-13-7-8-14(23(12-13)18(24)28)16(26)22-21-15(25)9-10-20-17(27)30-19(2,3)4/h13-14H,5-12H2,1-4H3,(H,20,27)(H,21,25)(H,22,26)/t13-,14-/m0/s1. The molecule has 5 amide bonds. The van der Waals surface area contributed by atoms with Crippen molar-refractivity contribution in [2.75, 3.05) is 19.7 Å². The normalized spacial score (nSPS) is 20.7. The van der Waals surface area contributed by atoms with Crippen molar-refractivity contribution in [3.8, 4) is 0 Å². The average molecular weight is 428 g/mol. The van der Waals surface area contributed by atoms with Crippen LogP contribution in [0.15, 0.2) is 0 Å². The summed E-state index contributed by atoms with van der Waals surface area (Å²) in [5.74, 6) is -0.920. The fourth-order valence-electron chi connectivity index (χ4n) is 3.25. The summed E-state index contributed by atoms with van der Waals surface area (Å²) in [5, 5.41) is 3.85. The molecule has 3 N–H and O–H groups in total. The van der Waals surface area contributed by atoms with Crippen molar-refractivity contribution in [1.29, 1.82) is 0 Å². The minimum atomic E-state index is -0.659. The van der Waals surface area contributed by atoms with E-state index in [4.69, 9.17) is 9.57 Å². The second kappa shape index (κ2) is 10.5. The maximum absolute atomic E-state index is 12.5. The summed E-state index contributed by atoms with van der Waals surface area (Å²) in [5.41, 5.74) is 4.06. The first-order chi connectivity index (χ1) is 14.1. The van der Waals surface area contributed by atoms with Gasteiger partial charge in [0.1, 0.15) is 11.6 Å². The molecular weight excluding hydrogens is 394 g/mol. The van der Waals surface area contributed by atoms with E-state index in [1.165, 1.54) is 9.96 Å². The van der Waals surface area contributed by atoms with Crippen LogP contribution in [0.1, 0.15) is 59.8 Å². The van der Waals surface area contributed by atoms with Crippen molar-refractivity contribution in [1.82, 2.24) is 26.1 Å². The molecule has 2 aliphatic rings. The number of piperidine rings is 1. The van der Waals surface area contributed by atoms with Gasteiger partial charge < -0.3 is 15.0 Å². The van der Waals surface area contributed by atoms with Crippen LogP contribution in [0.4, 0.5) is 9.59 Å². The van der Waals surface area contributed by atoms with Gasteiger partial charge in [0.05, 0.1) is 12.6 Å². The smallest absolute Gasteiger partial charge is 0.407 e. The van der Waals surface area contributed by atoms with Gasteiger partial charge in [0.25, 0.3) is 5.91 Å². The van der Waals surface area contributed by atoms with Crippen LogP contribution < -0.4 is 16.2 Å². The number of hydrogen-bond acceptors (Lipinski definition) is 6. The third-order valence-electron chi connectivity index (χ3n) is 4.70. The van der Waals surface area contributed by atoms with Gasteiger partial charge >= 0.3 is 12.1 Å². The highest BCUT2D eigenvalue weighted by Crippen LogP contribution is 2.30. The molecule has 0 saturated carbocycles. The van der Waals surface area contributed by atoms with E-state index in [9.17, 15) is 19.2 Å². The second-order valence-corrected chi connectivity index (χ2v) is 8.41. The van der Waals surface area contributed by atoms with Crippen molar-refractivity contribution >= 4 is 23.9 Å². The lowest BCUT2D eigenvalue weighted by atomic mass is 10.0. The van der Waals surface area contributed by atoms with E-state index in [-0.39, 0.29) is 25.0 Å². The number of hydrazine groups is 1. The molecule has 11 heteroatoms. The van der Waals surface area contributed by atoms with Crippen LogP contribution in [0.25, 0.3) is 0 Å². The first-order valence-electron chi connectivity index (χ1n) is 10.4. The molecule has 2 fully saturated rings. The third-order valence-corrected chi connectivity index (χ3v) is 4.70. The maximum Gasteiger partial charge on any atom is 0.407 e. The number of ether oxygens (including phenoxy) is 1. The Hall–Kier alpha value is -2.56. The largest absolute Gasteiger partial charge is 0.444 e. The Labute approximate surface area is 176 Å². The van der Waals surface area contributed by atoms with Gasteiger partial charge in [-0.2, -0.15) is 5.06 Å². The molecule has 0 aromatic carbocycles. The molecule has 30 heavy (non-hydrogen) atoms. The lowest BCUT2D eigenvalue weighted by Gasteiger charge is -2.29. The van der Waals surface area contributed by atoms with Gasteiger partial charge in [-0.25, -0.2) is 9.59 Å². The molecule has 2 aliphatic heterocycles. The first-order valence-corrected chi connectivity index (χ1v) is 10.4. The molecule has 2 atom stereocenters. The van der Waals surface area contributed by atoms with E-state index in [2.05, 4.69) is 16.2 Å². The van der Waals surface area contributed by atoms with Gasteiger partial charge in [0.2, 0.25) is 5.91 Å². The van der Waals surface area contributed by atoms with Crippen molar-refractivity contribution in [2.45, 2.75) is 77.5 Å². The van der Waals surface area contributed by atoms with Gasteiger partial charge in [0, 0.05) is 19.5 Å². The quantitative estimate of drug-likeness (QED) is 0.392. The first kappa shape index (κ1) is 23.7. The Bertz CT molecular complexity index is 650. The van der Waals surface area contributed by atoms with Gasteiger partial charge in [-0.1, -0.05) is 13.3 Å². The molecule has 0 spiro atoms. The Balaban J connectivity index is 1.72. The second-order valence-electron chi connectivity index (χ2n) is 8.41. The summed E-state index contributed by atoms with van der Waals surface area (Å²) in [6.07, 6.45) is 2.32. The SMILES string of the molecule is CCCCON1C(=O)N2C[C@@H]1CC[C@H]2C(=O)NNC(=O)CCNC(=O)OC(C)(C)C. The van der Waals surface area contributed by atoms with Crippen LogP contribution in [0.5, 0.6) is 0 Å². The highest BCUT2D eigenvalue weighted by molar-refractivity contribution is 5.90. The van der Waals surface area contributed by atoms with Crippen molar-refractivity contribution < 1.29 is 28.8 Å². The zero-order chi connectivity index (χ0) is 22.3. The molecule has 2 saturated heterocycles. The Morgan fingerprint density at radius 2 is 1.90 bits per heavy atom. The van der Waals surface area contributed by atoms with E-state index >= 15 is 0 Å². The molecular formula is C19H33N5O6. The number of carbonyl (C=O) groups excluding carboxylic acids is 4. The zero-order valence-electron chi connectivity index (χ0n) is 18.2. The summed E-state index contributed by atoms with van der Waals surface area (Å²) >= 11 is 0. The fourth-order valence-corrected chi connectivity index (χ4v) is 3.25. The number of urea groups is 1. The summed E-state index contributed by atoms with van der Waals surface area (Å²) in [6, 6.07) is -1.03. The minimum absolute atomic E-state index is 0.0338. The highest BCUT2D eigenvalue weighted by atomic mass is 16.7. The molecule has 0 aromatic rings. The average Bonchev–Trinajstić information content (AvgIpc) is 2.89. The number of hydroxylamine groups is 2. The molecule has 0 aromatic heterocycles. The van der Waals surface area contributed by atoms with Crippen LogP contribution in [-0.4, -0.2) is 71.3 Å². The number of rotatable bonds is 8. The monoisotopic (exact) mass is 427 g/mol. The Morgan fingerprint density at radius 3 is 2.57 bits per heavy atom. The van der Waals surface area contributed by atoms with Gasteiger partial charge in [0.15, 0.2) is 0 Å². The Kier molecular flexibility index (Phi) is 8.27. The third kappa shape index (κ3) is 6.75. The number of fused-ring (bicyclic) bond motifs is 2. The number of nitrogens with one attached hydrogen (secondary N) is 3. The molecule has 2 bridgehead atoms. The number of nitrogens with zero attached hydrogens (tertiary/aromatic N) is 2. The lowest BCUT2D eigenvalue weighted by molar-refractivity contribution is -0.132. The number of carbonyl (C=O) groups is 4.